The van der Waals surface area contributed by atoms with Crippen molar-refractivity contribution in [2.75, 3.05) is 39.6 Å². The van der Waals surface area contributed by atoms with Crippen LogP contribution in [0.2, 0.25) is 0 Å². The summed E-state index contributed by atoms with van der Waals surface area (Å²) in [5, 5.41) is 10.6. The lowest BCUT2D eigenvalue weighted by Gasteiger charge is -2.21. The number of carbonyl (C=O) groups is 4. The van der Waals surface area contributed by atoms with E-state index in [0.29, 0.717) is 32.1 Å². The van der Waals surface area contributed by atoms with E-state index < -0.39 is 97.5 Å². The molecule has 594 valence electrons. The van der Waals surface area contributed by atoms with E-state index in [4.69, 9.17) is 37.0 Å². The lowest BCUT2D eigenvalue weighted by Crippen LogP contribution is -2.30. The number of ether oxygens (including phenoxy) is 4. The number of unbranched alkanes of at least 4 members (excludes halogenated alkanes) is 24. The zero-order valence-corrected chi connectivity index (χ0v) is 66.7. The molecule has 0 heterocycles. The Labute approximate surface area is 630 Å². The molecular formula is C85H142O17P2. The molecule has 0 aliphatic rings. The molecule has 19 heteroatoms. The Morgan fingerprint density at radius 3 is 0.808 bits per heavy atom. The lowest BCUT2D eigenvalue weighted by atomic mass is 10.1. The van der Waals surface area contributed by atoms with Crippen LogP contribution in [0.1, 0.15) is 310 Å². The number of aliphatic hydroxyl groups is 1. The molecule has 0 spiro atoms. The Morgan fingerprint density at radius 1 is 0.279 bits per heavy atom. The van der Waals surface area contributed by atoms with Gasteiger partial charge in [-0.1, -0.05) is 296 Å². The van der Waals surface area contributed by atoms with E-state index in [9.17, 15) is 43.2 Å². The quantitative estimate of drug-likeness (QED) is 0.0169. The normalized spacial score (nSPS) is 14.6. The molecule has 3 N–H and O–H groups in total. The third kappa shape index (κ3) is 75.2. The summed E-state index contributed by atoms with van der Waals surface area (Å²) in [6.45, 7) is 4.45. The first kappa shape index (κ1) is 98.9. The number of hydrogen-bond donors (Lipinski definition) is 3. The van der Waals surface area contributed by atoms with E-state index in [1.807, 2.05) is 12.2 Å². The molecule has 0 saturated heterocycles. The van der Waals surface area contributed by atoms with Gasteiger partial charge in [-0.2, -0.15) is 0 Å². The average molecular weight is 1500 g/mol. The average Bonchev–Trinajstić information content (AvgIpc) is 0.906. The summed E-state index contributed by atoms with van der Waals surface area (Å²) in [7, 11) is -9.98. The topological polar surface area (TPSA) is 237 Å². The van der Waals surface area contributed by atoms with Crippen LogP contribution < -0.4 is 0 Å². The van der Waals surface area contributed by atoms with Crippen molar-refractivity contribution in [2.45, 2.75) is 329 Å². The number of phosphoric acid groups is 2. The number of allylic oxidation sites excluding steroid dienone is 24. The molecule has 5 atom stereocenters. The standard InChI is InChI=1S/C85H142O17P2/c1-5-9-13-17-21-25-29-32-35-38-39-42-44-47-51-54-58-62-66-70-83(88)96-76-81(102-85(90)72-68-64-60-56-52-48-45-41-37-34-31-27-23-19-15-11-7-3)78-100-104(93,94)98-74-79(86)73-97-103(91,92)99-77-80(101-84(89)71-67-63-59-55-49-28-24-20-16-12-8-4)75-95-82(87)69-65-61-57-53-50-46-43-40-36-33-30-26-22-18-14-10-6-2/h9-11,13-15,21-23,25-27,32-37,39,42-43,46,53,57,79-81,86H,5-8,12,16-20,24,28-31,38,40-41,44-45,47-52,54-56,58-78H2,1-4H3,(H,91,92)(H,93,94)/b13-9-,14-10-,15-11-,25-21-,26-22-,27-23-,35-32-,36-33-,37-34-,42-39-,46-43-,57-53-. The molecule has 17 nitrogen and oxygen atoms in total. The zero-order valence-electron chi connectivity index (χ0n) is 64.9. The zero-order chi connectivity index (χ0) is 76.0. The van der Waals surface area contributed by atoms with Crippen molar-refractivity contribution in [1.29, 1.82) is 0 Å². The fourth-order valence-electron chi connectivity index (χ4n) is 10.3. The van der Waals surface area contributed by atoms with E-state index in [-0.39, 0.29) is 25.7 Å². The van der Waals surface area contributed by atoms with Crippen LogP contribution in [0.3, 0.4) is 0 Å². The minimum atomic E-state index is -4.99. The molecular weight excluding hydrogens is 1350 g/mol. The summed E-state index contributed by atoms with van der Waals surface area (Å²) in [5.41, 5.74) is 0. The van der Waals surface area contributed by atoms with Gasteiger partial charge in [0.25, 0.3) is 0 Å². The molecule has 0 bridgehead atoms. The lowest BCUT2D eigenvalue weighted by molar-refractivity contribution is -0.161. The molecule has 0 fully saturated rings. The van der Waals surface area contributed by atoms with E-state index in [1.54, 1.807) is 0 Å². The second-order valence-corrected chi connectivity index (χ2v) is 29.1. The summed E-state index contributed by atoms with van der Waals surface area (Å²) >= 11 is 0. The van der Waals surface area contributed by atoms with Crippen molar-refractivity contribution >= 4 is 39.5 Å². The van der Waals surface area contributed by atoms with Crippen molar-refractivity contribution < 1.29 is 80.2 Å². The molecule has 0 aromatic carbocycles. The SMILES string of the molecule is CC/C=C\C/C=C\C/C=C\C/C=C\C/C=C\CCCC(=O)OCC(COP(=O)(O)OCC(O)COP(=O)(O)OCC(COC(=O)CCCCCCCC/C=C\C/C=C\C/C=C\C/C=C\CC)OC(=O)CCCCCCCCC/C=C\C/C=C\C/C=C\CC)OC(=O)CCCCCCCCCCCCC. The molecule has 0 saturated carbocycles. The highest BCUT2D eigenvalue weighted by molar-refractivity contribution is 7.47. The Kier molecular flexibility index (Phi) is 72.4. The van der Waals surface area contributed by atoms with E-state index in [2.05, 4.69) is 161 Å². The number of aliphatic hydroxyl groups excluding tert-OH is 1. The Hall–Kier alpha value is -5.06. The Bertz CT molecular complexity index is 2540. The van der Waals surface area contributed by atoms with E-state index in [0.717, 1.165) is 186 Å². The summed E-state index contributed by atoms with van der Waals surface area (Å²) < 4.78 is 68.5. The minimum Gasteiger partial charge on any atom is -0.462 e. The van der Waals surface area contributed by atoms with E-state index in [1.165, 1.54) is 38.5 Å². The maximum absolute atomic E-state index is 13.1. The third-order valence-electron chi connectivity index (χ3n) is 16.3. The summed E-state index contributed by atoms with van der Waals surface area (Å²) in [6, 6.07) is 0. The van der Waals surface area contributed by atoms with Crippen LogP contribution in [0.5, 0.6) is 0 Å². The predicted molar refractivity (Wildman–Crippen MR) is 427 cm³/mol. The van der Waals surface area contributed by atoms with Crippen LogP contribution in [-0.4, -0.2) is 96.7 Å². The molecule has 0 aromatic rings. The van der Waals surface area contributed by atoms with Crippen LogP contribution >= 0.6 is 15.6 Å². The Balaban J connectivity index is 5.40. The predicted octanol–water partition coefficient (Wildman–Crippen LogP) is 23.4. The van der Waals surface area contributed by atoms with Crippen LogP contribution in [0, 0.1) is 0 Å². The number of rotatable bonds is 74. The van der Waals surface area contributed by atoms with Crippen LogP contribution in [0.25, 0.3) is 0 Å². The number of esters is 4. The van der Waals surface area contributed by atoms with Gasteiger partial charge in [-0.15, -0.1) is 0 Å². The van der Waals surface area contributed by atoms with Gasteiger partial charge in [0.05, 0.1) is 26.4 Å². The van der Waals surface area contributed by atoms with Gasteiger partial charge in [-0.25, -0.2) is 9.13 Å². The minimum absolute atomic E-state index is 0.0755. The first-order chi connectivity index (χ1) is 50.7. The largest absolute Gasteiger partial charge is 0.472 e. The molecule has 0 aliphatic carbocycles. The second-order valence-electron chi connectivity index (χ2n) is 26.2. The molecule has 0 radical (unpaired) electrons. The van der Waals surface area contributed by atoms with Gasteiger partial charge in [-0.3, -0.25) is 37.3 Å². The molecule has 0 amide bonds. The summed E-state index contributed by atoms with van der Waals surface area (Å²) in [6.07, 6.45) is 86.9. The maximum Gasteiger partial charge on any atom is 0.472 e. The fraction of sp³-hybridized carbons (Fsp3) is 0.671. The van der Waals surface area contributed by atoms with Crippen molar-refractivity contribution in [3.8, 4) is 0 Å². The molecule has 0 rings (SSSR count). The van der Waals surface area contributed by atoms with Gasteiger partial charge >= 0.3 is 39.5 Å². The first-order valence-electron chi connectivity index (χ1n) is 40.1. The van der Waals surface area contributed by atoms with Crippen LogP contribution in [0.4, 0.5) is 0 Å². The molecule has 104 heavy (non-hydrogen) atoms. The van der Waals surface area contributed by atoms with Gasteiger partial charge in [0.1, 0.15) is 19.3 Å². The first-order valence-corrected chi connectivity index (χ1v) is 43.1. The van der Waals surface area contributed by atoms with Crippen LogP contribution in [0.15, 0.2) is 146 Å². The highest BCUT2D eigenvalue weighted by Crippen LogP contribution is 2.45. The van der Waals surface area contributed by atoms with Gasteiger partial charge in [0.15, 0.2) is 12.2 Å². The smallest absolute Gasteiger partial charge is 0.462 e. The van der Waals surface area contributed by atoms with Gasteiger partial charge in [-0.05, 0) is 135 Å². The highest BCUT2D eigenvalue weighted by atomic mass is 31.2. The monoisotopic (exact) mass is 1500 g/mol. The van der Waals surface area contributed by atoms with Crippen molar-refractivity contribution in [3.05, 3.63) is 146 Å². The van der Waals surface area contributed by atoms with Crippen molar-refractivity contribution in [2.24, 2.45) is 0 Å². The fourth-order valence-corrected chi connectivity index (χ4v) is 11.9. The number of hydrogen-bond acceptors (Lipinski definition) is 15. The molecule has 5 unspecified atom stereocenters. The van der Waals surface area contributed by atoms with Gasteiger partial charge in [0.2, 0.25) is 0 Å². The molecule has 0 aliphatic heterocycles. The maximum atomic E-state index is 13.1. The van der Waals surface area contributed by atoms with E-state index >= 15 is 0 Å². The van der Waals surface area contributed by atoms with Gasteiger partial charge < -0.3 is 33.8 Å². The number of carbonyl (C=O) groups excluding carboxylic acids is 4. The summed E-state index contributed by atoms with van der Waals surface area (Å²) in [4.78, 5) is 73.0. The van der Waals surface area contributed by atoms with Crippen LogP contribution in [-0.2, 0) is 65.4 Å². The Morgan fingerprint density at radius 2 is 0.510 bits per heavy atom. The van der Waals surface area contributed by atoms with Crippen molar-refractivity contribution in [1.82, 2.24) is 0 Å². The highest BCUT2D eigenvalue weighted by Gasteiger charge is 2.30. The molecule has 0 aromatic heterocycles. The third-order valence-corrected chi connectivity index (χ3v) is 18.2. The van der Waals surface area contributed by atoms with Crippen molar-refractivity contribution in [3.63, 3.8) is 0 Å². The second kappa shape index (κ2) is 76.1. The van der Waals surface area contributed by atoms with Gasteiger partial charge in [0, 0.05) is 25.7 Å². The number of phosphoric ester groups is 2. The summed E-state index contributed by atoms with van der Waals surface area (Å²) in [5.74, 6) is -2.27.